The van der Waals surface area contributed by atoms with Crippen molar-refractivity contribution in [3.05, 3.63) is 69.7 Å². The molecule has 2 heterocycles. The highest BCUT2D eigenvalue weighted by Gasteiger charge is 2.55. The Morgan fingerprint density at radius 1 is 1.12 bits per heavy atom. The molecule has 3 nitrogen and oxygen atoms in total. The molecule has 1 N–H and O–H groups in total. The van der Waals surface area contributed by atoms with Gasteiger partial charge in [-0.1, -0.05) is 59.6 Å². The molecule has 1 aliphatic carbocycles. The van der Waals surface area contributed by atoms with Gasteiger partial charge >= 0.3 is 0 Å². The molecule has 3 aliphatic rings. The van der Waals surface area contributed by atoms with Gasteiger partial charge in [-0.3, -0.25) is 9.69 Å². The van der Waals surface area contributed by atoms with E-state index >= 15 is 0 Å². The van der Waals surface area contributed by atoms with Crippen LogP contribution in [0, 0.1) is 5.92 Å². The molecule has 1 amide bonds. The highest BCUT2D eigenvalue weighted by Crippen LogP contribution is 2.50. The van der Waals surface area contributed by atoms with Gasteiger partial charge in [0.15, 0.2) is 0 Å². The van der Waals surface area contributed by atoms with Crippen LogP contribution in [0.15, 0.2) is 48.5 Å². The van der Waals surface area contributed by atoms with E-state index in [1.54, 1.807) is 18.2 Å². The van der Waals surface area contributed by atoms with Crippen molar-refractivity contribution in [2.45, 2.75) is 24.9 Å². The van der Waals surface area contributed by atoms with Crippen LogP contribution in [0.2, 0.25) is 10.0 Å². The van der Waals surface area contributed by atoms with E-state index in [4.69, 9.17) is 23.2 Å². The van der Waals surface area contributed by atoms with Crippen LogP contribution in [0.25, 0.3) is 0 Å². The lowest BCUT2D eigenvalue weighted by Gasteiger charge is -2.42. The van der Waals surface area contributed by atoms with Gasteiger partial charge < -0.3 is 5.32 Å². The Balaban J connectivity index is 1.43. The minimum absolute atomic E-state index is 0.0845. The molecule has 0 spiro atoms. The van der Waals surface area contributed by atoms with Crippen LogP contribution >= 0.6 is 23.2 Å². The molecular formula is C20H20Cl2N2O. The van der Waals surface area contributed by atoms with Crippen molar-refractivity contribution in [1.82, 2.24) is 10.2 Å². The Kier molecular flexibility index (Phi) is 4.48. The average molecular weight is 375 g/mol. The highest BCUT2D eigenvalue weighted by atomic mass is 35.5. The van der Waals surface area contributed by atoms with Gasteiger partial charge in [-0.05, 0) is 36.5 Å². The maximum atomic E-state index is 12.5. The van der Waals surface area contributed by atoms with Gasteiger partial charge in [-0.15, -0.1) is 0 Å². The molecule has 25 heavy (non-hydrogen) atoms. The van der Waals surface area contributed by atoms with E-state index in [0.29, 0.717) is 22.2 Å². The van der Waals surface area contributed by atoms with Crippen molar-refractivity contribution in [2.75, 3.05) is 13.1 Å². The molecule has 130 valence electrons. The molecule has 2 aromatic rings. The number of carbonyl (C=O) groups is 1. The van der Waals surface area contributed by atoms with Crippen LogP contribution in [0.4, 0.5) is 0 Å². The number of rotatable bonds is 5. The fraction of sp³-hybridized carbons (Fsp3) is 0.350. The van der Waals surface area contributed by atoms with Crippen molar-refractivity contribution in [3.63, 3.8) is 0 Å². The lowest BCUT2D eigenvalue weighted by Crippen LogP contribution is -2.53. The van der Waals surface area contributed by atoms with Crippen LogP contribution in [0.1, 0.15) is 28.8 Å². The van der Waals surface area contributed by atoms with Crippen molar-refractivity contribution < 1.29 is 4.79 Å². The number of hydrogen-bond donors (Lipinski definition) is 1. The maximum absolute atomic E-state index is 12.5. The number of amides is 1. The van der Waals surface area contributed by atoms with Gasteiger partial charge in [-0.25, -0.2) is 0 Å². The van der Waals surface area contributed by atoms with Crippen LogP contribution < -0.4 is 5.32 Å². The molecule has 5 rings (SSSR count). The Hall–Kier alpha value is -1.55. The first-order valence-electron chi connectivity index (χ1n) is 8.59. The summed E-state index contributed by atoms with van der Waals surface area (Å²) >= 11 is 12.2. The third kappa shape index (κ3) is 3.17. The van der Waals surface area contributed by atoms with Gasteiger partial charge in [0.2, 0.25) is 0 Å². The average Bonchev–Trinajstić information content (AvgIpc) is 3.10. The van der Waals surface area contributed by atoms with Gasteiger partial charge in [0.05, 0.1) is 15.6 Å². The fourth-order valence-electron chi connectivity index (χ4n) is 4.22. The number of benzene rings is 2. The van der Waals surface area contributed by atoms with Gasteiger partial charge in [0.1, 0.15) is 0 Å². The van der Waals surface area contributed by atoms with E-state index in [1.807, 2.05) is 6.07 Å². The summed E-state index contributed by atoms with van der Waals surface area (Å²) in [5, 5.41) is 3.80. The predicted octanol–water partition coefficient (Wildman–Crippen LogP) is 4.39. The minimum Gasteiger partial charge on any atom is -0.350 e. The molecule has 0 unspecified atom stereocenters. The maximum Gasteiger partial charge on any atom is 0.252 e. The number of halogens is 2. The first kappa shape index (κ1) is 16.9. The Morgan fingerprint density at radius 2 is 1.88 bits per heavy atom. The third-order valence-corrected chi connectivity index (χ3v) is 6.30. The van der Waals surface area contributed by atoms with Gasteiger partial charge in [0.25, 0.3) is 5.91 Å². The van der Waals surface area contributed by atoms with E-state index in [9.17, 15) is 4.79 Å². The summed E-state index contributed by atoms with van der Waals surface area (Å²) in [5.74, 6) is 0.604. The number of fused-ring (bicyclic) bond motifs is 1. The van der Waals surface area contributed by atoms with Crippen molar-refractivity contribution in [2.24, 2.45) is 5.92 Å². The first-order valence-corrected chi connectivity index (χ1v) is 9.34. The second kappa shape index (κ2) is 6.64. The van der Waals surface area contributed by atoms with Crippen LogP contribution in [-0.2, 0) is 6.54 Å². The number of hydrogen-bond acceptors (Lipinski definition) is 2. The van der Waals surface area contributed by atoms with Gasteiger partial charge in [0, 0.05) is 25.2 Å². The fourth-order valence-corrected chi connectivity index (χ4v) is 4.61. The van der Waals surface area contributed by atoms with Crippen LogP contribution in [0.3, 0.4) is 0 Å². The summed E-state index contributed by atoms with van der Waals surface area (Å²) < 4.78 is 0. The molecule has 0 aromatic heterocycles. The molecular weight excluding hydrogens is 355 g/mol. The SMILES string of the molecule is O=C(NCC12CC(CN1Cc1ccccc1)C2)c1cccc(Cl)c1Cl. The van der Waals surface area contributed by atoms with Crippen LogP contribution in [-0.4, -0.2) is 29.4 Å². The summed E-state index contributed by atoms with van der Waals surface area (Å²) in [6, 6.07) is 15.7. The third-order valence-electron chi connectivity index (χ3n) is 5.48. The molecule has 2 bridgehead atoms. The summed E-state index contributed by atoms with van der Waals surface area (Å²) in [5.41, 5.74) is 1.84. The summed E-state index contributed by atoms with van der Waals surface area (Å²) in [7, 11) is 0. The summed E-state index contributed by atoms with van der Waals surface area (Å²) in [4.78, 5) is 15.0. The minimum atomic E-state index is -0.156. The van der Waals surface area contributed by atoms with Crippen LogP contribution in [0.5, 0.6) is 0 Å². The van der Waals surface area contributed by atoms with Gasteiger partial charge in [-0.2, -0.15) is 0 Å². The summed E-state index contributed by atoms with van der Waals surface area (Å²) in [6.07, 6.45) is 2.31. The van der Waals surface area contributed by atoms with Crippen molar-refractivity contribution in [1.29, 1.82) is 0 Å². The van der Waals surface area contributed by atoms with E-state index in [2.05, 4.69) is 34.5 Å². The number of nitrogens with one attached hydrogen (secondary N) is 1. The second-order valence-electron chi connectivity index (χ2n) is 7.15. The van der Waals surface area contributed by atoms with E-state index in [0.717, 1.165) is 31.8 Å². The normalized spacial score (nSPS) is 24.8. The second-order valence-corrected chi connectivity index (χ2v) is 7.93. The lowest BCUT2D eigenvalue weighted by atomic mass is 9.73. The number of carbonyl (C=O) groups excluding carboxylic acids is 1. The van der Waals surface area contributed by atoms with Crippen molar-refractivity contribution >= 4 is 29.1 Å². The van der Waals surface area contributed by atoms with E-state index in [-0.39, 0.29) is 11.4 Å². The Bertz CT molecular complexity index is 788. The zero-order valence-electron chi connectivity index (χ0n) is 13.8. The molecule has 0 radical (unpaired) electrons. The standard InChI is InChI=1S/C20H20Cl2N2O/c21-17-8-4-7-16(18(17)22)19(25)23-13-20-9-15(10-20)12-24(20)11-14-5-2-1-3-6-14/h1-8,15H,9-13H2,(H,23,25). The molecule has 1 saturated carbocycles. The quantitative estimate of drug-likeness (QED) is 0.841. The molecule has 2 aromatic carbocycles. The smallest absolute Gasteiger partial charge is 0.252 e. The van der Waals surface area contributed by atoms with E-state index < -0.39 is 0 Å². The topological polar surface area (TPSA) is 32.3 Å². The number of nitrogens with zero attached hydrogens (tertiary/aromatic N) is 1. The zero-order valence-corrected chi connectivity index (χ0v) is 15.4. The first-order chi connectivity index (χ1) is 12.1. The highest BCUT2D eigenvalue weighted by molar-refractivity contribution is 6.43. The summed E-state index contributed by atoms with van der Waals surface area (Å²) in [6.45, 7) is 2.70. The predicted molar refractivity (Wildman–Crippen MR) is 101 cm³/mol. The molecule has 2 aliphatic heterocycles. The van der Waals surface area contributed by atoms with Crippen molar-refractivity contribution in [3.8, 4) is 0 Å². The molecule has 0 atom stereocenters. The molecule has 5 heteroatoms. The lowest BCUT2D eigenvalue weighted by molar-refractivity contribution is 0.0798. The molecule has 3 fully saturated rings. The molecule has 2 saturated heterocycles. The Morgan fingerprint density at radius 3 is 2.64 bits per heavy atom. The van der Waals surface area contributed by atoms with E-state index in [1.165, 1.54) is 5.56 Å². The Labute approximate surface area is 157 Å². The monoisotopic (exact) mass is 374 g/mol. The largest absolute Gasteiger partial charge is 0.350 e. The zero-order chi connectivity index (χ0) is 17.4.